The Hall–Kier alpha value is -2.70. The molecule has 1 atom stereocenters. The first-order chi connectivity index (χ1) is 15.9. The first-order valence-corrected chi connectivity index (χ1v) is 12.0. The summed E-state index contributed by atoms with van der Waals surface area (Å²) in [5.74, 6) is 1.31. The third kappa shape index (κ3) is 5.81. The molecule has 0 radical (unpaired) electrons. The van der Waals surface area contributed by atoms with E-state index in [1.165, 1.54) is 16.7 Å². The molecule has 4 rings (SSSR count). The predicted molar refractivity (Wildman–Crippen MR) is 130 cm³/mol. The van der Waals surface area contributed by atoms with Crippen molar-refractivity contribution in [3.63, 3.8) is 0 Å². The van der Waals surface area contributed by atoms with E-state index in [2.05, 4.69) is 59.3 Å². The second-order valence-corrected chi connectivity index (χ2v) is 9.34. The third-order valence-corrected chi connectivity index (χ3v) is 6.63. The highest BCUT2D eigenvalue weighted by Crippen LogP contribution is 2.25. The minimum atomic E-state index is 0.0331. The number of aromatic nitrogens is 2. The Balaban J connectivity index is 1.30. The van der Waals surface area contributed by atoms with Crippen LogP contribution >= 0.6 is 11.6 Å². The number of likely N-dealkylation sites (tertiary alicyclic amines) is 1. The van der Waals surface area contributed by atoms with Crippen molar-refractivity contribution in [1.29, 1.82) is 0 Å². The van der Waals surface area contributed by atoms with Crippen LogP contribution in [0.25, 0.3) is 11.4 Å². The van der Waals surface area contributed by atoms with E-state index in [-0.39, 0.29) is 17.9 Å². The molecule has 0 saturated carbocycles. The molecule has 0 bridgehead atoms. The summed E-state index contributed by atoms with van der Waals surface area (Å²) < 4.78 is 5.45. The zero-order chi connectivity index (χ0) is 23.4. The number of carbonyl (C=O) groups is 1. The average Bonchev–Trinajstić information content (AvgIpc) is 3.27. The van der Waals surface area contributed by atoms with Crippen molar-refractivity contribution >= 4 is 17.5 Å². The number of carbonyl (C=O) groups excluding carboxylic acids is 1. The number of piperidine rings is 1. The Morgan fingerprint density at radius 3 is 2.70 bits per heavy atom. The quantitative estimate of drug-likeness (QED) is 0.498. The number of rotatable bonds is 7. The molecule has 3 aromatic rings. The van der Waals surface area contributed by atoms with E-state index in [4.69, 9.17) is 16.1 Å². The Morgan fingerprint density at radius 2 is 2.00 bits per heavy atom. The van der Waals surface area contributed by atoms with Crippen molar-refractivity contribution in [3.8, 4) is 11.4 Å². The van der Waals surface area contributed by atoms with Gasteiger partial charge < -0.3 is 9.84 Å². The molecule has 1 aromatic heterocycles. The van der Waals surface area contributed by atoms with Crippen molar-refractivity contribution in [2.24, 2.45) is 5.92 Å². The standard InChI is InChI=1S/C26H31ClN4O2/c1-4-23(22-9-8-17(2)14-18(22)3)28-26(32)19-10-12-31(13-11-19)16-24-29-25(30-33-24)20-6-5-7-21(27)15-20/h5-9,14-15,19,23H,4,10-13,16H2,1-3H3,(H,28,32). The van der Waals surface area contributed by atoms with Crippen LogP contribution in [-0.2, 0) is 11.3 Å². The van der Waals surface area contributed by atoms with Gasteiger partial charge in [0.25, 0.3) is 0 Å². The highest BCUT2D eigenvalue weighted by Gasteiger charge is 2.27. The molecule has 1 aliphatic heterocycles. The van der Waals surface area contributed by atoms with Gasteiger partial charge >= 0.3 is 0 Å². The summed E-state index contributed by atoms with van der Waals surface area (Å²) in [6.45, 7) is 8.57. The number of amides is 1. The van der Waals surface area contributed by atoms with Crippen molar-refractivity contribution < 1.29 is 9.32 Å². The number of hydrogen-bond donors (Lipinski definition) is 1. The Kier molecular flexibility index (Phi) is 7.46. The molecule has 1 unspecified atom stereocenters. The van der Waals surface area contributed by atoms with Gasteiger partial charge in [0.1, 0.15) is 0 Å². The lowest BCUT2D eigenvalue weighted by atomic mass is 9.93. The molecule has 0 spiro atoms. The van der Waals surface area contributed by atoms with Crippen LogP contribution in [0.4, 0.5) is 0 Å². The molecule has 7 heteroatoms. The Bertz CT molecular complexity index is 1110. The van der Waals surface area contributed by atoms with Gasteiger partial charge in [-0.15, -0.1) is 0 Å². The molecule has 1 amide bonds. The van der Waals surface area contributed by atoms with Gasteiger partial charge in [-0.1, -0.05) is 59.6 Å². The Labute approximate surface area is 200 Å². The summed E-state index contributed by atoms with van der Waals surface area (Å²) in [4.78, 5) is 19.8. The van der Waals surface area contributed by atoms with E-state index in [0.717, 1.165) is 37.9 Å². The van der Waals surface area contributed by atoms with E-state index >= 15 is 0 Å². The van der Waals surface area contributed by atoms with Crippen molar-refractivity contribution in [3.05, 3.63) is 70.1 Å². The fourth-order valence-corrected chi connectivity index (χ4v) is 4.70. The fraction of sp³-hybridized carbons (Fsp3) is 0.423. The molecule has 1 aliphatic rings. The van der Waals surface area contributed by atoms with E-state index < -0.39 is 0 Å². The molecule has 1 N–H and O–H groups in total. The minimum absolute atomic E-state index is 0.0331. The van der Waals surface area contributed by atoms with Crippen LogP contribution in [0.2, 0.25) is 5.02 Å². The number of halogens is 1. The van der Waals surface area contributed by atoms with Crippen molar-refractivity contribution in [2.45, 2.75) is 52.6 Å². The summed E-state index contributed by atoms with van der Waals surface area (Å²) in [7, 11) is 0. The molecule has 1 fully saturated rings. The molecule has 1 saturated heterocycles. The lowest BCUT2D eigenvalue weighted by Gasteiger charge is -2.31. The predicted octanol–water partition coefficient (Wildman–Crippen LogP) is 5.49. The lowest BCUT2D eigenvalue weighted by molar-refractivity contribution is -0.127. The number of hydrogen-bond acceptors (Lipinski definition) is 5. The number of nitrogens with zero attached hydrogens (tertiary/aromatic N) is 3. The lowest BCUT2D eigenvalue weighted by Crippen LogP contribution is -2.41. The van der Waals surface area contributed by atoms with Crippen LogP contribution in [0.15, 0.2) is 47.0 Å². The second kappa shape index (κ2) is 10.5. The van der Waals surface area contributed by atoms with Gasteiger partial charge in [0.2, 0.25) is 17.6 Å². The van der Waals surface area contributed by atoms with Gasteiger partial charge in [0.15, 0.2) is 0 Å². The summed E-state index contributed by atoms with van der Waals surface area (Å²) >= 11 is 6.06. The van der Waals surface area contributed by atoms with Crippen LogP contribution in [0.1, 0.15) is 54.8 Å². The molecule has 2 aromatic carbocycles. The molecule has 2 heterocycles. The fourth-order valence-electron chi connectivity index (χ4n) is 4.51. The summed E-state index contributed by atoms with van der Waals surface area (Å²) in [5.41, 5.74) is 4.52. The third-order valence-electron chi connectivity index (χ3n) is 6.39. The van der Waals surface area contributed by atoms with Crippen LogP contribution in [0.3, 0.4) is 0 Å². The van der Waals surface area contributed by atoms with Crippen LogP contribution in [0.5, 0.6) is 0 Å². The number of benzene rings is 2. The molecule has 0 aliphatic carbocycles. The van der Waals surface area contributed by atoms with Gasteiger partial charge in [-0.3, -0.25) is 9.69 Å². The second-order valence-electron chi connectivity index (χ2n) is 8.90. The highest BCUT2D eigenvalue weighted by molar-refractivity contribution is 6.30. The van der Waals surface area contributed by atoms with E-state index in [1.807, 2.05) is 24.3 Å². The van der Waals surface area contributed by atoms with E-state index in [0.29, 0.717) is 23.3 Å². The first kappa shape index (κ1) is 23.5. The highest BCUT2D eigenvalue weighted by atomic mass is 35.5. The maximum Gasteiger partial charge on any atom is 0.241 e. The molecule has 6 nitrogen and oxygen atoms in total. The largest absolute Gasteiger partial charge is 0.349 e. The topological polar surface area (TPSA) is 71.3 Å². The van der Waals surface area contributed by atoms with Gasteiger partial charge in [-0.05, 0) is 69.5 Å². The van der Waals surface area contributed by atoms with Crippen LogP contribution in [-0.4, -0.2) is 34.0 Å². The number of nitrogens with one attached hydrogen (secondary N) is 1. The SMILES string of the molecule is CCC(NC(=O)C1CCN(Cc2nc(-c3cccc(Cl)c3)no2)CC1)c1ccc(C)cc1C. The van der Waals surface area contributed by atoms with Crippen molar-refractivity contribution in [2.75, 3.05) is 13.1 Å². The zero-order valence-corrected chi connectivity index (χ0v) is 20.2. The van der Waals surface area contributed by atoms with Crippen LogP contribution in [0, 0.1) is 19.8 Å². The molecular formula is C26H31ClN4O2. The van der Waals surface area contributed by atoms with Crippen LogP contribution < -0.4 is 5.32 Å². The maximum atomic E-state index is 13.0. The normalized spacial score (nSPS) is 16.0. The summed E-state index contributed by atoms with van der Waals surface area (Å²) in [6.07, 6.45) is 2.52. The van der Waals surface area contributed by atoms with Gasteiger partial charge in [0.05, 0.1) is 12.6 Å². The molecule has 33 heavy (non-hydrogen) atoms. The number of aryl methyl sites for hydroxylation is 2. The smallest absolute Gasteiger partial charge is 0.241 e. The first-order valence-electron chi connectivity index (χ1n) is 11.6. The molecule has 174 valence electrons. The maximum absolute atomic E-state index is 13.0. The average molecular weight is 467 g/mol. The minimum Gasteiger partial charge on any atom is -0.349 e. The monoisotopic (exact) mass is 466 g/mol. The Morgan fingerprint density at radius 1 is 1.21 bits per heavy atom. The molecular weight excluding hydrogens is 436 g/mol. The van der Waals surface area contributed by atoms with E-state index in [9.17, 15) is 4.79 Å². The van der Waals surface area contributed by atoms with Gasteiger partial charge in [0, 0.05) is 16.5 Å². The zero-order valence-electron chi connectivity index (χ0n) is 19.5. The van der Waals surface area contributed by atoms with E-state index in [1.54, 1.807) is 0 Å². The summed E-state index contributed by atoms with van der Waals surface area (Å²) in [5, 5.41) is 8.02. The van der Waals surface area contributed by atoms with Crippen molar-refractivity contribution in [1.82, 2.24) is 20.4 Å². The van der Waals surface area contributed by atoms with Gasteiger partial charge in [-0.25, -0.2) is 0 Å². The van der Waals surface area contributed by atoms with Gasteiger partial charge in [-0.2, -0.15) is 4.98 Å². The summed E-state index contributed by atoms with van der Waals surface area (Å²) in [6, 6.07) is 13.9.